The SMILES string of the molecule is COc1ccc(N2CCN(C(=O)c3ccccc3SC)CC2)cc1. The molecule has 1 saturated heterocycles. The molecule has 5 heteroatoms. The smallest absolute Gasteiger partial charge is 0.255 e. The Morgan fingerprint density at radius 1 is 1.00 bits per heavy atom. The van der Waals surface area contributed by atoms with E-state index < -0.39 is 0 Å². The van der Waals surface area contributed by atoms with Crippen molar-refractivity contribution < 1.29 is 9.53 Å². The van der Waals surface area contributed by atoms with Crippen LogP contribution in [0.1, 0.15) is 10.4 Å². The highest BCUT2D eigenvalue weighted by Crippen LogP contribution is 2.24. The van der Waals surface area contributed by atoms with Crippen molar-refractivity contribution in [2.24, 2.45) is 0 Å². The summed E-state index contributed by atoms with van der Waals surface area (Å²) < 4.78 is 5.20. The first-order valence-electron chi connectivity index (χ1n) is 8.04. The first kappa shape index (κ1) is 16.7. The molecule has 1 heterocycles. The van der Waals surface area contributed by atoms with Crippen LogP contribution < -0.4 is 9.64 Å². The molecule has 126 valence electrons. The predicted octanol–water partition coefficient (Wildman–Crippen LogP) is 3.38. The molecule has 0 spiro atoms. The average molecular weight is 342 g/mol. The van der Waals surface area contributed by atoms with Crippen molar-refractivity contribution in [1.29, 1.82) is 0 Å². The number of anilines is 1. The van der Waals surface area contributed by atoms with Crippen LogP contribution in [0.4, 0.5) is 5.69 Å². The number of hydrogen-bond donors (Lipinski definition) is 0. The molecule has 4 nitrogen and oxygen atoms in total. The van der Waals surface area contributed by atoms with E-state index >= 15 is 0 Å². The lowest BCUT2D eigenvalue weighted by Gasteiger charge is -2.36. The second kappa shape index (κ2) is 7.62. The lowest BCUT2D eigenvalue weighted by atomic mass is 10.1. The Morgan fingerprint density at radius 3 is 2.29 bits per heavy atom. The van der Waals surface area contributed by atoms with Gasteiger partial charge in [-0.1, -0.05) is 12.1 Å². The molecular weight excluding hydrogens is 320 g/mol. The standard InChI is InChI=1S/C19H22N2O2S/c1-23-16-9-7-15(8-10-16)20-11-13-21(14-12-20)19(22)17-5-3-4-6-18(17)24-2/h3-10H,11-14H2,1-2H3. The molecule has 0 bridgehead atoms. The minimum absolute atomic E-state index is 0.134. The summed E-state index contributed by atoms with van der Waals surface area (Å²) in [6.07, 6.45) is 2.01. The van der Waals surface area contributed by atoms with Crippen LogP contribution >= 0.6 is 11.8 Å². The topological polar surface area (TPSA) is 32.8 Å². The zero-order valence-electron chi connectivity index (χ0n) is 14.1. The highest BCUT2D eigenvalue weighted by Gasteiger charge is 2.23. The Bertz CT molecular complexity index is 695. The molecule has 2 aromatic rings. The van der Waals surface area contributed by atoms with Gasteiger partial charge in [0.05, 0.1) is 12.7 Å². The number of piperazine rings is 1. The number of benzene rings is 2. The minimum Gasteiger partial charge on any atom is -0.497 e. The Hall–Kier alpha value is -2.14. The molecule has 24 heavy (non-hydrogen) atoms. The van der Waals surface area contributed by atoms with E-state index in [-0.39, 0.29) is 5.91 Å². The van der Waals surface area contributed by atoms with Gasteiger partial charge < -0.3 is 14.5 Å². The van der Waals surface area contributed by atoms with Gasteiger partial charge in [-0.15, -0.1) is 11.8 Å². The highest BCUT2D eigenvalue weighted by molar-refractivity contribution is 7.98. The largest absolute Gasteiger partial charge is 0.497 e. The second-order valence-corrected chi connectivity index (χ2v) is 6.53. The quantitative estimate of drug-likeness (QED) is 0.798. The van der Waals surface area contributed by atoms with Crippen LogP contribution in [0.25, 0.3) is 0 Å². The molecule has 0 radical (unpaired) electrons. The molecule has 0 aromatic heterocycles. The van der Waals surface area contributed by atoms with E-state index in [9.17, 15) is 4.79 Å². The summed E-state index contributed by atoms with van der Waals surface area (Å²) in [6, 6.07) is 15.9. The fourth-order valence-corrected chi connectivity index (χ4v) is 3.54. The monoisotopic (exact) mass is 342 g/mol. The van der Waals surface area contributed by atoms with E-state index in [1.807, 2.05) is 47.6 Å². The summed E-state index contributed by atoms with van der Waals surface area (Å²) in [5.41, 5.74) is 1.98. The van der Waals surface area contributed by atoms with Crippen LogP contribution in [-0.4, -0.2) is 50.4 Å². The fourth-order valence-electron chi connectivity index (χ4n) is 2.95. The summed E-state index contributed by atoms with van der Waals surface area (Å²) in [5.74, 6) is 0.996. The Morgan fingerprint density at radius 2 is 1.67 bits per heavy atom. The first-order valence-corrected chi connectivity index (χ1v) is 9.26. The van der Waals surface area contributed by atoms with Gasteiger partial charge in [-0.2, -0.15) is 0 Å². The van der Waals surface area contributed by atoms with E-state index in [1.54, 1.807) is 18.9 Å². The van der Waals surface area contributed by atoms with Crippen molar-refractivity contribution in [3.63, 3.8) is 0 Å². The number of hydrogen-bond acceptors (Lipinski definition) is 4. The highest BCUT2D eigenvalue weighted by atomic mass is 32.2. The van der Waals surface area contributed by atoms with Crippen molar-refractivity contribution in [3.05, 3.63) is 54.1 Å². The lowest BCUT2D eigenvalue weighted by molar-refractivity contribution is 0.0743. The minimum atomic E-state index is 0.134. The van der Waals surface area contributed by atoms with Crippen LogP contribution in [0.5, 0.6) is 5.75 Å². The molecular formula is C19H22N2O2S. The van der Waals surface area contributed by atoms with Crippen LogP contribution in [-0.2, 0) is 0 Å². The molecule has 0 aliphatic carbocycles. The maximum absolute atomic E-state index is 12.8. The van der Waals surface area contributed by atoms with Gasteiger partial charge in [-0.25, -0.2) is 0 Å². The van der Waals surface area contributed by atoms with E-state index in [2.05, 4.69) is 17.0 Å². The molecule has 0 saturated carbocycles. The second-order valence-electron chi connectivity index (χ2n) is 5.68. The third-order valence-corrected chi connectivity index (χ3v) is 5.14. The van der Waals surface area contributed by atoms with Crippen LogP contribution in [0, 0.1) is 0 Å². The molecule has 1 amide bonds. The third-order valence-electron chi connectivity index (χ3n) is 4.34. The van der Waals surface area contributed by atoms with Crippen molar-refractivity contribution in [3.8, 4) is 5.75 Å². The number of methoxy groups -OCH3 is 1. The van der Waals surface area contributed by atoms with E-state index in [4.69, 9.17) is 4.74 Å². The van der Waals surface area contributed by atoms with Crippen molar-refractivity contribution in [2.45, 2.75) is 4.90 Å². The maximum Gasteiger partial charge on any atom is 0.255 e. The number of carbonyl (C=O) groups is 1. The van der Waals surface area contributed by atoms with E-state index in [1.165, 1.54) is 5.69 Å². The predicted molar refractivity (Wildman–Crippen MR) is 99.3 cm³/mol. The van der Waals surface area contributed by atoms with Gasteiger partial charge in [-0.3, -0.25) is 4.79 Å². The number of carbonyl (C=O) groups excluding carboxylic acids is 1. The van der Waals surface area contributed by atoms with Crippen LogP contribution in [0.15, 0.2) is 53.4 Å². The maximum atomic E-state index is 12.8. The molecule has 2 aromatic carbocycles. The van der Waals surface area contributed by atoms with Gasteiger partial charge in [0, 0.05) is 36.8 Å². The van der Waals surface area contributed by atoms with Crippen LogP contribution in [0.3, 0.4) is 0 Å². The average Bonchev–Trinajstić information content (AvgIpc) is 2.67. The van der Waals surface area contributed by atoms with Crippen molar-refractivity contribution >= 4 is 23.4 Å². The molecule has 3 rings (SSSR count). The number of thioether (sulfide) groups is 1. The summed E-state index contributed by atoms with van der Waals surface area (Å²) in [5, 5.41) is 0. The zero-order chi connectivity index (χ0) is 16.9. The normalized spacial score (nSPS) is 14.6. The Kier molecular flexibility index (Phi) is 5.30. The molecule has 1 aliphatic rings. The van der Waals surface area contributed by atoms with Gasteiger partial charge in [0.25, 0.3) is 5.91 Å². The van der Waals surface area contributed by atoms with Gasteiger partial charge in [-0.05, 0) is 42.7 Å². The molecule has 0 atom stereocenters. The summed E-state index contributed by atoms with van der Waals surface area (Å²) in [6.45, 7) is 3.18. The van der Waals surface area contributed by atoms with Gasteiger partial charge in [0.1, 0.15) is 5.75 Å². The van der Waals surface area contributed by atoms with Crippen LogP contribution in [0.2, 0.25) is 0 Å². The van der Waals surface area contributed by atoms with Gasteiger partial charge in [0.15, 0.2) is 0 Å². The summed E-state index contributed by atoms with van der Waals surface area (Å²) in [7, 11) is 1.67. The lowest BCUT2D eigenvalue weighted by Crippen LogP contribution is -2.48. The molecule has 1 fully saturated rings. The van der Waals surface area contributed by atoms with E-state index in [0.29, 0.717) is 0 Å². The number of ether oxygens (including phenoxy) is 1. The van der Waals surface area contributed by atoms with Crippen molar-refractivity contribution in [1.82, 2.24) is 4.90 Å². The molecule has 1 aliphatic heterocycles. The van der Waals surface area contributed by atoms with Crippen molar-refractivity contribution in [2.75, 3.05) is 44.4 Å². The van der Waals surface area contributed by atoms with Gasteiger partial charge in [0.2, 0.25) is 0 Å². The third kappa shape index (κ3) is 3.51. The molecule has 0 unspecified atom stereocenters. The summed E-state index contributed by atoms with van der Waals surface area (Å²) in [4.78, 5) is 18.1. The summed E-state index contributed by atoms with van der Waals surface area (Å²) >= 11 is 1.62. The fraction of sp³-hybridized carbons (Fsp3) is 0.316. The number of amides is 1. The zero-order valence-corrected chi connectivity index (χ0v) is 14.9. The molecule has 0 N–H and O–H groups in total. The number of rotatable bonds is 4. The Labute approximate surface area is 147 Å². The van der Waals surface area contributed by atoms with E-state index in [0.717, 1.165) is 42.4 Å². The Balaban J connectivity index is 1.65. The number of nitrogens with zero attached hydrogens (tertiary/aromatic N) is 2. The first-order chi connectivity index (χ1) is 11.7. The van der Waals surface area contributed by atoms with Gasteiger partial charge >= 0.3 is 0 Å².